The van der Waals surface area contributed by atoms with Gasteiger partial charge in [0.05, 0.1) is 25.0 Å². The van der Waals surface area contributed by atoms with Crippen molar-refractivity contribution in [2.75, 3.05) is 40.4 Å². The van der Waals surface area contributed by atoms with Crippen LogP contribution in [0, 0.1) is 0 Å². The van der Waals surface area contributed by atoms with Gasteiger partial charge in [-0.25, -0.2) is 9.97 Å². The Labute approximate surface area is 180 Å². The van der Waals surface area contributed by atoms with Gasteiger partial charge in [-0.1, -0.05) is 0 Å². The summed E-state index contributed by atoms with van der Waals surface area (Å²) in [5.74, 6) is 0.106. The van der Waals surface area contributed by atoms with Gasteiger partial charge in [0.2, 0.25) is 5.82 Å². The number of rotatable bonds is 7. The number of amides is 2. The predicted molar refractivity (Wildman–Crippen MR) is 111 cm³/mol. The van der Waals surface area contributed by atoms with Crippen LogP contribution in [0.1, 0.15) is 63.6 Å². The smallest absolute Gasteiger partial charge is 0.291 e. The first-order valence-corrected chi connectivity index (χ1v) is 10.6. The average molecular weight is 428 g/mol. The van der Waals surface area contributed by atoms with Crippen molar-refractivity contribution in [2.45, 2.75) is 37.2 Å². The number of hydrogen-bond acceptors (Lipinski definition) is 7. The Bertz CT molecular complexity index is 941. The van der Waals surface area contributed by atoms with E-state index in [2.05, 4.69) is 20.2 Å². The van der Waals surface area contributed by atoms with E-state index < -0.39 is 0 Å². The summed E-state index contributed by atoms with van der Waals surface area (Å²) in [6.45, 7) is 0.923. The van der Waals surface area contributed by atoms with Crippen LogP contribution < -0.4 is 0 Å². The first kappa shape index (κ1) is 21.4. The molecule has 2 fully saturated rings. The third-order valence-electron chi connectivity index (χ3n) is 5.76. The van der Waals surface area contributed by atoms with Crippen molar-refractivity contribution in [3.05, 3.63) is 41.2 Å². The minimum atomic E-state index is -0.357. The highest BCUT2D eigenvalue weighted by Crippen LogP contribution is 2.39. The largest absolute Gasteiger partial charge is 0.394 e. The third kappa shape index (κ3) is 4.75. The third-order valence-corrected chi connectivity index (χ3v) is 5.76. The van der Waals surface area contributed by atoms with Gasteiger partial charge < -0.3 is 19.6 Å². The van der Waals surface area contributed by atoms with Gasteiger partial charge in [-0.05, 0) is 31.4 Å². The summed E-state index contributed by atoms with van der Waals surface area (Å²) in [5.41, 5.74) is 2.14. The molecule has 4 rings (SSSR count). The summed E-state index contributed by atoms with van der Waals surface area (Å²) in [5, 5.41) is 16.4. The van der Waals surface area contributed by atoms with Gasteiger partial charge in [0.25, 0.3) is 11.8 Å². The monoisotopic (exact) mass is 428 g/mol. The lowest BCUT2D eigenvalue weighted by Crippen LogP contribution is -2.47. The maximum atomic E-state index is 13.0. The zero-order valence-corrected chi connectivity index (χ0v) is 17.8. The first-order valence-electron chi connectivity index (χ1n) is 10.6. The second kappa shape index (κ2) is 9.11. The first-order chi connectivity index (χ1) is 15.0. The molecule has 0 radical (unpaired) electrons. The Balaban J connectivity index is 1.50. The molecule has 166 valence electrons. The Kier molecular flexibility index (Phi) is 6.28. The van der Waals surface area contributed by atoms with E-state index in [4.69, 9.17) is 4.74 Å². The molecule has 2 unspecified atom stereocenters. The second-order valence-electron chi connectivity index (χ2n) is 8.27. The van der Waals surface area contributed by atoms with Crippen LogP contribution in [0.3, 0.4) is 0 Å². The molecule has 2 N–H and O–H groups in total. The lowest BCUT2D eigenvalue weighted by atomic mass is 9.90. The molecule has 10 nitrogen and oxygen atoms in total. The van der Waals surface area contributed by atoms with Gasteiger partial charge in [-0.2, -0.15) is 5.10 Å². The van der Waals surface area contributed by atoms with E-state index in [9.17, 15) is 14.7 Å². The Morgan fingerprint density at radius 1 is 1.32 bits per heavy atom. The molecule has 1 aliphatic carbocycles. The zero-order chi connectivity index (χ0) is 22.0. The van der Waals surface area contributed by atoms with Crippen LogP contribution in [0.4, 0.5) is 0 Å². The van der Waals surface area contributed by atoms with Crippen molar-refractivity contribution >= 4 is 11.8 Å². The molecule has 1 saturated heterocycles. The topological polar surface area (TPSA) is 125 Å². The molecule has 1 saturated carbocycles. The molecule has 0 spiro atoms. The fourth-order valence-corrected chi connectivity index (χ4v) is 3.91. The minimum absolute atomic E-state index is 0.116. The molecule has 0 bridgehead atoms. The summed E-state index contributed by atoms with van der Waals surface area (Å²) in [4.78, 5) is 37.0. The molecule has 0 aromatic carbocycles. The van der Waals surface area contributed by atoms with Gasteiger partial charge in [0.1, 0.15) is 5.69 Å². The van der Waals surface area contributed by atoms with E-state index in [1.165, 1.54) is 4.90 Å². The normalized spacial score (nSPS) is 21.2. The highest BCUT2D eigenvalue weighted by Gasteiger charge is 2.36. The number of piperidine rings is 1. The summed E-state index contributed by atoms with van der Waals surface area (Å²) >= 11 is 0. The second-order valence-corrected chi connectivity index (χ2v) is 8.27. The maximum Gasteiger partial charge on any atom is 0.291 e. The quantitative estimate of drug-likeness (QED) is 0.668. The fourth-order valence-electron chi connectivity index (χ4n) is 3.91. The fraction of sp³-hybridized carbons (Fsp3) is 0.571. The van der Waals surface area contributed by atoms with Crippen LogP contribution >= 0.6 is 0 Å². The van der Waals surface area contributed by atoms with Crippen molar-refractivity contribution in [2.24, 2.45) is 0 Å². The van der Waals surface area contributed by atoms with E-state index in [1.807, 2.05) is 6.07 Å². The average Bonchev–Trinajstić information content (AvgIpc) is 3.53. The van der Waals surface area contributed by atoms with E-state index in [0.717, 1.165) is 18.5 Å². The number of nitrogens with one attached hydrogen (secondary N) is 1. The number of aromatic amines is 1. The van der Waals surface area contributed by atoms with Crippen LogP contribution in [0.15, 0.2) is 18.3 Å². The zero-order valence-electron chi connectivity index (χ0n) is 17.8. The highest BCUT2D eigenvalue weighted by molar-refractivity contribution is 5.92. The molecule has 2 aromatic rings. The lowest BCUT2D eigenvalue weighted by Gasteiger charge is -2.37. The molecule has 3 heterocycles. The van der Waals surface area contributed by atoms with E-state index in [-0.39, 0.29) is 42.9 Å². The maximum absolute atomic E-state index is 13.0. The Morgan fingerprint density at radius 3 is 2.84 bits per heavy atom. The number of carbonyl (C=O) groups excluding carboxylic acids is 2. The van der Waals surface area contributed by atoms with Gasteiger partial charge in [-0.15, -0.1) is 0 Å². The molecular formula is C21H28N6O4. The molecule has 1 aliphatic heterocycles. The number of carbonyl (C=O) groups is 2. The summed E-state index contributed by atoms with van der Waals surface area (Å²) in [7, 11) is 3.30. The van der Waals surface area contributed by atoms with E-state index in [0.29, 0.717) is 36.8 Å². The molecular weight excluding hydrogens is 400 g/mol. The van der Waals surface area contributed by atoms with Gasteiger partial charge >= 0.3 is 0 Å². The van der Waals surface area contributed by atoms with Gasteiger partial charge in [0, 0.05) is 50.9 Å². The molecule has 2 aliphatic rings. The van der Waals surface area contributed by atoms with Crippen LogP contribution in [-0.2, 0) is 4.74 Å². The number of aromatic nitrogens is 4. The summed E-state index contributed by atoms with van der Waals surface area (Å²) in [6, 6.07) is 3.62. The summed E-state index contributed by atoms with van der Waals surface area (Å²) < 4.78 is 5.89. The van der Waals surface area contributed by atoms with Crippen molar-refractivity contribution in [1.29, 1.82) is 0 Å². The Hall–Kier alpha value is -2.85. The number of aliphatic hydroxyl groups is 1. The summed E-state index contributed by atoms with van der Waals surface area (Å²) in [6.07, 6.45) is 4.10. The van der Waals surface area contributed by atoms with Gasteiger partial charge in [0.15, 0.2) is 0 Å². The number of likely N-dealkylation sites (tertiary alicyclic amines) is 1. The molecule has 2 atom stereocenters. The van der Waals surface area contributed by atoms with E-state index in [1.54, 1.807) is 31.3 Å². The highest BCUT2D eigenvalue weighted by atomic mass is 16.5. The SMILES string of the molecule is CN(C)C(=O)c1nccc(C2CCN(C(=O)c3cc(C4CC4)[nH]n3)CC2OCCO)n1. The van der Waals surface area contributed by atoms with Crippen molar-refractivity contribution in [3.8, 4) is 0 Å². The van der Waals surface area contributed by atoms with Crippen molar-refractivity contribution < 1.29 is 19.4 Å². The Morgan fingerprint density at radius 2 is 2.13 bits per heavy atom. The number of H-pyrrole nitrogens is 1. The number of hydrogen-bond donors (Lipinski definition) is 2. The van der Waals surface area contributed by atoms with E-state index >= 15 is 0 Å². The van der Waals surface area contributed by atoms with Crippen molar-refractivity contribution in [3.63, 3.8) is 0 Å². The van der Waals surface area contributed by atoms with Crippen LogP contribution in [0.2, 0.25) is 0 Å². The molecule has 2 amide bonds. The number of aliphatic hydroxyl groups excluding tert-OH is 1. The van der Waals surface area contributed by atoms with Crippen molar-refractivity contribution in [1.82, 2.24) is 30.0 Å². The van der Waals surface area contributed by atoms with Crippen LogP contribution in [0.25, 0.3) is 0 Å². The van der Waals surface area contributed by atoms with Gasteiger partial charge in [-0.3, -0.25) is 14.7 Å². The minimum Gasteiger partial charge on any atom is -0.394 e. The van der Waals surface area contributed by atoms with Crippen LogP contribution in [-0.4, -0.2) is 93.4 Å². The van der Waals surface area contributed by atoms with Crippen LogP contribution in [0.5, 0.6) is 0 Å². The number of nitrogens with zero attached hydrogens (tertiary/aromatic N) is 5. The molecule has 10 heteroatoms. The number of ether oxygens (including phenoxy) is 1. The lowest BCUT2D eigenvalue weighted by molar-refractivity contribution is -0.0240. The molecule has 31 heavy (non-hydrogen) atoms. The standard InChI is InChI=1S/C21H28N6O4/c1-26(2)21(30)19-22-7-5-15(23-19)14-6-8-27(12-18(14)31-10-9-28)20(29)17-11-16(24-25-17)13-3-4-13/h5,7,11,13-14,18,28H,3-4,6,8-10,12H2,1-2H3,(H,24,25). The molecule has 2 aromatic heterocycles. The predicted octanol–water partition coefficient (Wildman–Crippen LogP) is 0.786.